The van der Waals surface area contributed by atoms with Crippen molar-refractivity contribution in [1.82, 2.24) is 10.6 Å². The lowest BCUT2D eigenvalue weighted by Gasteiger charge is -2.25. The first-order chi connectivity index (χ1) is 11.0. The number of halogens is 1. The summed E-state index contributed by atoms with van der Waals surface area (Å²) in [5.74, 6) is 0.190. The molecule has 2 atom stereocenters. The van der Waals surface area contributed by atoms with Crippen LogP contribution in [0.3, 0.4) is 0 Å². The molecule has 0 spiro atoms. The summed E-state index contributed by atoms with van der Waals surface area (Å²) in [6, 6.07) is 7.88. The van der Waals surface area contributed by atoms with Crippen LogP contribution in [0.25, 0.3) is 0 Å². The summed E-state index contributed by atoms with van der Waals surface area (Å²) in [6.45, 7) is 5.70. The fourth-order valence-corrected chi connectivity index (χ4v) is 3.10. The zero-order valence-electron chi connectivity index (χ0n) is 14.1. The molecule has 2 amide bonds. The van der Waals surface area contributed by atoms with Gasteiger partial charge in [0.25, 0.3) is 0 Å². The molecule has 1 heterocycles. The van der Waals surface area contributed by atoms with E-state index >= 15 is 0 Å². The van der Waals surface area contributed by atoms with Crippen LogP contribution in [-0.4, -0.2) is 41.9 Å². The van der Waals surface area contributed by atoms with Crippen LogP contribution in [0.5, 0.6) is 0 Å². The predicted octanol–water partition coefficient (Wildman–Crippen LogP) is 2.35. The number of hydrogen-bond acceptors (Lipinski definition) is 4. The van der Waals surface area contributed by atoms with Crippen molar-refractivity contribution < 1.29 is 9.59 Å². The lowest BCUT2D eigenvalue weighted by molar-refractivity contribution is -0.121. The van der Waals surface area contributed by atoms with Gasteiger partial charge in [0, 0.05) is 18.3 Å². The highest BCUT2D eigenvalue weighted by Gasteiger charge is 2.20. The molecule has 134 valence electrons. The normalized spacial score (nSPS) is 18.2. The van der Waals surface area contributed by atoms with Gasteiger partial charge in [-0.25, -0.2) is 0 Å². The first-order valence-electron chi connectivity index (χ1n) is 8.04. The molecule has 1 saturated heterocycles. The summed E-state index contributed by atoms with van der Waals surface area (Å²) in [5.41, 5.74) is 1.94. The molecule has 7 heteroatoms. The van der Waals surface area contributed by atoms with Crippen molar-refractivity contribution in [2.24, 2.45) is 0 Å². The molecule has 1 aromatic rings. The third-order valence-corrected chi connectivity index (χ3v) is 4.96. The maximum absolute atomic E-state index is 12.1. The molecule has 1 aromatic carbocycles. The third-order valence-electron chi connectivity index (χ3n) is 3.81. The number of hydrogen-bond donors (Lipinski definition) is 3. The Morgan fingerprint density at radius 1 is 1.33 bits per heavy atom. The summed E-state index contributed by atoms with van der Waals surface area (Å²) in [5, 5.41) is 8.93. The Kier molecular flexibility index (Phi) is 9.18. The highest BCUT2D eigenvalue weighted by molar-refractivity contribution is 8.01. The van der Waals surface area contributed by atoms with Gasteiger partial charge in [-0.3, -0.25) is 9.59 Å². The quantitative estimate of drug-likeness (QED) is 0.717. The summed E-state index contributed by atoms with van der Waals surface area (Å²) in [7, 11) is 0. The minimum absolute atomic E-state index is 0. The fourth-order valence-electron chi connectivity index (χ4n) is 2.40. The summed E-state index contributed by atoms with van der Waals surface area (Å²) in [6.07, 6.45) is 2.11. The third kappa shape index (κ3) is 7.11. The number of carbonyl (C=O) groups is 2. The molecule has 0 aromatic heterocycles. The number of benzene rings is 1. The highest BCUT2D eigenvalue weighted by Crippen LogP contribution is 2.14. The van der Waals surface area contributed by atoms with Crippen molar-refractivity contribution in [3.63, 3.8) is 0 Å². The molecule has 1 fully saturated rings. The molecule has 0 bridgehead atoms. The van der Waals surface area contributed by atoms with Crippen LogP contribution >= 0.6 is 24.2 Å². The Morgan fingerprint density at radius 3 is 2.67 bits per heavy atom. The van der Waals surface area contributed by atoms with E-state index in [0.717, 1.165) is 37.2 Å². The van der Waals surface area contributed by atoms with Crippen LogP contribution < -0.4 is 16.0 Å². The average Bonchev–Trinajstić information content (AvgIpc) is 2.55. The minimum Gasteiger partial charge on any atom is -0.351 e. The van der Waals surface area contributed by atoms with Gasteiger partial charge in [0.15, 0.2) is 0 Å². The predicted molar refractivity (Wildman–Crippen MR) is 103 cm³/mol. The smallest absolute Gasteiger partial charge is 0.234 e. The molecule has 5 nitrogen and oxygen atoms in total. The van der Waals surface area contributed by atoms with Gasteiger partial charge < -0.3 is 16.0 Å². The monoisotopic (exact) mass is 371 g/mol. The van der Waals surface area contributed by atoms with E-state index in [2.05, 4.69) is 16.0 Å². The van der Waals surface area contributed by atoms with Gasteiger partial charge in [0.05, 0.1) is 11.0 Å². The maximum atomic E-state index is 12.1. The van der Waals surface area contributed by atoms with Gasteiger partial charge in [0.2, 0.25) is 11.8 Å². The zero-order valence-corrected chi connectivity index (χ0v) is 15.8. The lowest BCUT2D eigenvalue weighted by atomic mass is 10.1. The van der Waals surface area contributed by atoms with Crippen LogP contribution in [0.1, 0.15) is 25.3 Å². The molecule has 24 heavy (non-hydrogen) atoms. The van der Waals surface area contributed by atoms with Gasteiger partial charge in [-0.1, -0.05) is 17.7 Å². The maximum Gasteiger partial charge on any atom is 0.234 e. The van der Waals surface area contributed by atoms with Gasteiger partial charge in [-0.15, -0.1) is 24.2 Å². The molecule has 0 saturated carbocycles. The summed E-state index contributed by atoms with van der Waals surface area (Å²) >= 11 is 1.36. The van der Waals surface area contributed by atoms with Crippen molar-refractivity contribution in [2.75, 3.05) is 24.2 Å². The Balaban J connectivity index is 0.00000288. The molecule has 3 N–H and O–H groups in total. The standard InChI is InChI=1S/C17H25N3O2S.ClH/c1-12-5-7-14(8-6-12)19-16(21)11-23-13(2)17(22)20-15-4-3-9-18-10-15;/h5-8,13,15,18H,3-4,9-11H2,1-2H3,(H,19,21)(H,20,22);1H/t13?,15-;/m0./s1. The Morgan fingerprint density at radius 2 is 2.04 bits per heavy atom. The van der Waals surface area contributed by atoms with Crippen LogP contribution in [0, 0.1) is 6.92 Å². The second-order valence-corrected chi connectivity index (χ2v) is 7.25. The van der Waals surface area contributed by atoms with E-state index in [-0.39, 0.29) is 41.3 Å². The van der Waals surface area contributed by atoms with Crippen LogP contribution in [0.2, 0.25) is 0 Å². The van der Waals surface area contributed by atoms with Crippen LogP contribution in [-0.2, 0) is 9.59 Å². The largest absolute Gasteiger partial charge is 0.351 e. The number of amides is 2. The van der Waals surface area contributed by atoms with Crippen LogP contribution in [0.15, 0.2) is 24.3 Å². The number of anilines is 1. The second kappa shape index (κ2) is 10.6. The van der Waals surface area contributed by atoms with E-state index < -0.39 is 0 Å². The summed E-state index contributed by atoms with van der Waals surface area (Å²) in [4.78, 5) is 24.1. The van der Waals surface area contributed by atoms with E-state index in [1.165, 1.54) is 11.8 Å². The van der Waals surface area contributed by atoms with Gasteiger partial charge in [0.1, 0.15) is 0 Å². The molecule has 2 rings (SSSR count). The van der Waals surface area contributed by atoms with Gasteiger partial charge >= 0.3 is 0 Å². The van der Waals surface area contributed by atoms with E-state index in [1.54, 1.807) is 0 Å². The minimum atomic E-state index is -0.235. The van der Waals surface area contributed by atoms with Crippen molar-refractivity contribution >= 4 is 41.7 Å². The van der Waals surface area contributed by atoms with Crippen LogP contribution in [0.4, 0.5) is 5.69 Å². The Bertz CT molecular complexity index is 533. The summed E-state index contributed by atoms with van der Waals surface area (Å²) < 4.78 is 0. The number of nitrogens with one attached hydrogen (secondary N) is 3. The van der Waals surface area contributed by atoms with Crippen molar-refractivity contribution in [2.45, 2.75) is 38.0 Å². The number of thioether (sulfide) groups is 1. The number of rotatable bonds is 6. The Hall–Kier alpha value is -1.24. The van der Waals surface area contributed by atoms with Crippen molar-refractivity contribution in [3.05, 3.63) is 29.8 Å². The Labute approximate surface area is 154 Å². The first kappa shape index (κ1) is 20.8. The molecule has 1 aliphatic rings. The topological polar surface area (TPSA) is 70.2 Å². The molecular weight excluding hydrogens is 346 g/mol. The molecule has 0 radical (unpaired) electrons. The van der Waals surface area contributed by atoms with E-state index in [9.17, 15) is 9.59 Å². The van der Waals surface area contributed by atoms with E-state index in [0.29, 0.717) is 0 Å². The fraction of sp³-hybridized carbons (Fsp3) is 0.529. The average molecular weight is 372 g/mol. The molecule has 0 aliphatic carbocycles. The first-order valence-corrected chi connectivity index (χ1v) is 9.08. The van der Waals surface area contributed by atoms with E-state index in [1.807, 2.05) is 38.1 Å². The van der Waals surface area contributed by atoms with Gasteiger partial charge in [-0.2, -0.15) is 0 Å². The number of aryl methyl sites for hydroxylation is 1. The van der Waals surface area contributed by atoms with E-state index in [4.69, 9.17) is 0 Å². The highest BCUT2D eigenvalue weighted by atomic mass is 35.5. The molecule has 1 aliphatic heterocycles. The van der Waals surface area contributed by atoms with Crippen molar-refractivity contribution in [3.8, 4) is 0 Å². The lowest BCUT2D eigenvalue weighted by Crippen LogP contribution is -2.47. The second-order valence-electron chi connectivity index (χ2n) is 5.92. The molecule has 1 unspecified atom stereocenters. The zero-order chi connectivity index (χ0) is 16.7. The number of carbonyl (C=O) groups excluding carboxylic acids is 2. The molecular formula is C17H26ClN3O2S. The van der Waals surface area contributed by atoms with Gasteiger partial charge in [-0.05, 0) is 45.4 Å². The SMILES string of the molecule is Cc1ccc(NC(=O)CSC(C)C(=O)N[C@H]2CCCNC2)cc1.Cl. The number of piperidine rings is 1. The van der Waals surface area contributed by atoms with Crippen molar-refractivity contribution in [1.29, 1.82) is 0 Å².